The van der Waals surface area contributed by atoms with Gasteiger partial charge in [0.05, 0.1) is 19.3 Å². The van der Waals surface area contributed by atoms with Gasteiger partial charge in [0.2, 0.25) is 10.0 Å². The normalized spacial score (nSPS) is 12.0. The summed E-state index contributed by atoms with van der Waals surface area (Å²) in [5.41, 5.74) is 0.895. The smallest absolute Gasteiger partial charge is 0.246 e. The zero-order valence-electron chi connectivity index (χ0n) is 11.5. The molecule has 0 fully saturated rings. The molecule has 1 heterocycles. The number of aliphatic hydroxyl groups excluding tert-OH is 1. The van der Waals surface area contributed by atoms with Crippen LogP contribution in [0.4, 0.5) is 0 Å². The Morgan fingerprint density at radius 3 is 2.62 bits per heavy atom. The molecule has 0 aliphatic carbocycles. The summed E-state index contributed by atoms with van der Waals surface area (Å²) in [6.07, 6.45) is 2.71. The summed E-state index contributed by atoms with van der Waals surface area (Å²) in [5, 5.41) is 12.8. The van der Waals surface area contributed by atoms with E-state index in [1.54, 1.807) is 0 Å². The van der Waals surface area contributed by atoms with E-state index < -0.39 is 10.0 Å². The molecular weight excluding hydrogens is 358 g/mol. The molecule has 21 heavy (non-hydrogen) atoms. The topological polar surface area (TPSA) is 75.4 Å². The molecule has 1 aromatic heterocycles. The van der Waals surface area contributed by atoms with Crippen LogP contribution < -0.4 is 0 Å². The molecule has 6 nitrogen and oxygen atoms in total. The Morgan fingerprint density at radius 2 is 2.00 bits per heavy atom. The Kier molecular flexibility index (Phi) is 5.15. The molecule has 0 unspecified atom stereocenters. The molecule has 0 saturated carbocycles. The predicted molar refractivity (Wildman–Crippen MR) is 82.1 cm³/mol. The standard InChI is InChI=1S/C13H16BrN3O3S/c1-16(9-11-2-4-12(14)5-3-11)21(19,20)13-8-15-17(10-13)6-7-18/h2-5,8,10,18H,6-7,9H2,1H3. The van der Waals surface area contributed by atoms with E-state index in [4.69, 9.17) is 5.11 Å². The molecule has 114 valence electrons. The molecule has 0 radical (unpaired) electrons. The first kappa shape index (κ1) is 16.2. The molecule has 8 heteroatoms. The fourth-order valence-electron chi connectivity index (χ4n) is 1.81. The first-order chi connectivity index (χ1) is 9.93. The minimum absolute atomic E-state index is 0.0874. The maximum Gasteiger partial charge on any atom is 0.246 e. The molecule has 2 aromatic rings. The van der Waals surface area contributed by atoms with Crippen LogP contribution in [-0.4, -0.2) is 41.3 Å². The third-order valence-corrected chi connectivity index (χ3v) is 5.25. The van der Waals surface area contributed by atoms with Gasteiger partial charge >= 0.3 is 0 Å². The zero-order chi connectivity index (χ0) is 15.5. The van der Waals surface area contributed by atoms with Crippen molar-refractivity contribution in [3.63, 3.8) is 0 Å². The van der Waals surface area contributed by atoms with Crippen molar-refractivity contribution in [2.75, 3.05) is 13.7 Å². The van der Waals surface area contributed by atoms with E-state index in [2.05, 4.69) is 21.0 Å². The van der Waals surface area contributed by atoms with Crippen molar-refractivity contribution in [2.24, 2.45) is 0 Å². The quantitative estimate of drug-likeness (QED) is 0.831. The lowest BCUT2D eigenvalue weighted by Gasteiger charge is -2.16. The van der Waals surface area contributed by atoms with Crippen LogP contribution in [0.1, 0.15) is 5.56 Å². The number of rotatable bonds is 6. The number of aliphatic hydroxyl groups is 1. The van der Waals surface area contributed by atoms with Gasteiger partial charge in [0.25, 0.3) is 0 Å². The number of hydrogen-bond donors (Lipinski definition) is 1. The average Bonchev–Trinajstić information content (AvgIpc) is 2.91. The van der Waals surface area contributed by atoms with Crippen LogP contribution in [0, 0.1) is 0 Å². The van der Waals surface area contributed by atoms with Crippen LogP contribution in [0.15, 0.2) is 46.0 Å². The minimum atomic E-state index is -3.59. The van der Waals surface area contributed by atoms with Crippen molar-refractivity contribution in [3.05, 3.63) is 46.7 Å². The summed E-state index contributed by atoms with van der Waals surface area (Å²) in [4.78, 5) is 0.121. The van der Waals surface area contributed by atoms with Crippen LogP contribution in [0.25, 0.3) is 0 Å². The van der Waals surface area contributed by atoms with E-state index in [-0.39, 0.29) is 24.6 Å². The molecule has 2 rings (SSSR count). The van der Waals surface area contributed by atoms with Crippen LogP contribution in [0.5, 0.6) is 0 Å². The van der Waals surface area contributed by atoms with E-state index in [0.29, 0.717) is 0 Å². The largest absolute Gasteiger partial charge is 0.394 e. The van der Waals surface area contributed by atoms with Crippen LogP contribution in [0.3, 0.4) is 0 Å². The first-order valence-corrected chi connectivity index (χ1v) is 8.51. The van der Waals surface area contributed by atoms with Gasteiger partial charge in [0.15, 0.2) is 0 Å². The molecule has 0 aliphatic heterocycles. The fourth-order valence-corrected chi connectivity index (χ4v) is 3.19. The van der Waals surface area contributed by atoms with Gasteiger partial charge in [-0.15, -0.1) is 0 Å². The van der Waals surface area contributed by atoms with Gasteiger partial charge in [-0.2, -0.15) is 9.40 Å². The highest BCUT2D eigenvalue weighted by atomic mass is 79.9. The van der Waals surface area contributed by atoms with Crippen molar-refractivity contribution < 1.29 is 13.5 Å². The van der Waals surface area contributed by atoms with E-state index >= 15 is 0 Å². The lowest BCUT2D eigenvalue weighted by atomic mass is 10.2. The Hall–Kier alpha value is -1.22. The summed E-state index contributed by atoms with van der Waals surface area (Å²) in [6, 6.07) is 7.47. The highest BCUT2D eigenvalue weighted by Gasteiger charge is 2.22. The van der Waals surface area contributed by atoms with Crippen LogP contribution >= 0.6 is 15.9 Å². The molecule has 0 atom stereocenters. The lowest BCUT2D eigenvalue weighted by molar-refractivity contribution is 0.269. The van der Waals surface area contributed by atoms with E-state index in [0.717, 1.165) is 10.0 Å². The van der Waals surface area contributed by atoms with Crippen LogP contribution in [-0.2, 0) is 23.1 Å². The monoisotopic (exact) mass is 373 g/mol. The van der Waals surface area contributed by atoms with Gasteiger partial charge in [-0.05, 0) is 17.7 Å². The summed E-state index contributed by atoms with van der Waals surface area (Å²) in [5.74, 6) is 0. The lowest BCUT2D eigenvalue weighted by Crippen LogP contribution is -2.26. The number of hydrogen-bond acceptors (Lipinski definition) is 4. The summed E-state index contributed by atoms with van der Waals surface area (Å²) in [7, 11) is -2.06. The van der Waals surface area contributed by atoms with Crippen molar-refractivity contribution in [3.8, 4) is 0 Å². The van der Waals surface area contributed by atoms with E-state index in [1.807, 2.05) is 24.3 Å². The Bertz CT molecular complexity index is 698. The first-order valence-electron chi connectivity index (χ1n) is 6.27. The maximum atomic E-state index is 12.4. The third kappa shape index (κ3) is 3.91. The van der Waals surface area contributed by atoms with Gasteiger partial charge in [-0.3, -0.25) is 4.68 Å². The predicted octanol–water partition coefficient (Wildman–Crippen LogP) is 1.46. The number of sulfonamides is 1. The fraction of sp³-hybridized carbons (Fsp3) is 0.308. The van der Waals surface area contributed by atoms with Gasteiger partial charge in [0.1, 0.15) is 4.90 Å². The van der Waals surface area contributed by atoms with Gasteiger partial charge in [-0.1, -0.05) is 28.1 Å². The number of nitrogens with zero attached hydrogens (tertiary/aromatic N) is 3. The molecule has 1 N–H and O–H groups in total. The molecule has 0 aliphatic rings. The minimum Gasteiger partial charge on any atom is -0.394 e. The van der Waals surface area contributed by atoms with Crippen molar-refractivity contribution >= 4 is 26.0 Å². The molecular formula is C13H16BrN3O3S. The molecule has 0 bridgehead atoms. The summed E-state index contributed by atoms with van der Waals surface area (Å²) >= 11 is 3.34. The van der Waals surface area contributed by atoms with Crippen molar-refractivity contribution in [2.45, 2.75) is 18.0 Å². The van der Waals surface area contributed by atoms with Gasteiger partial charge < -0.3 is 5.11 Å². The third-order valence-electron chi connectivity index (χ3n) is 2.97. The SMILES string of the molecule is CN(Cc1ccc(Br)cc1)S(=O)(=O)c1cnn(CCO)c1. The molecule has 0 spiro atoms. The van der Waals surface area contributed by atoms with Crippen molar-refractivity contribution in [1.29, 1.82) is 0 Å². The average molecular weight is 374 g/mol. The molecule has 0 amide bonds. The zero-order valence-corrected chi connectivity index (χ0v) is 13.9. The van der Waals surface area contributed by atoms with E-state index in [1.165, 1.54) is 28.4 Å². The second-order valence-electron chi connectivity index (χ2n) is 4.55. The maximum absolute atomic E-state index is 12.4. The second kappa shape index (κ2) is 6.69. The molecule has 1 aromatic carbocycles. The van der Waals surface area contributed by atoms with Crippen LogP contribution in [0.2, 0.25) is 0 Å². The number of halogens is 1. The highest BCUT2D eigenvalue weighted by molar-refractivity contribution is 9.10. The highest BCUT2D eigenvalue weighted by Crippen LogP contribution is 2.17. The van der Waals surface area contributed by atoms with E-state index in [9.17, 15) is 8.42 Å². The van der Waals surface area contributed by atoms with Gasteiger partial charge in [-0.25, -0.2) is 8.42 Å². The molecule has 0 saturated heterocycles. The number of aromatic nitrogens is 2. The second-order valence-corrected chi connectivity index (χ2v) is 7.51. The Morgan fingerprint density at radius 1 is 1.33 bits per heavy atom. The van der Waals surface area contributed by atoms with Gasteiger partial charge in [0, 0.05) is 24.3 Å². The summed E-state index contributed by atoms with van der Waals surface area (Å²) in [6.45, 7) is 0.461. The number of benzene rings is 1. The summed E-state index contributed by atoms with van der Waals surface area (Å²) < 4.78 is 28.5. The Labute approximate surface area is 132 Å². The Balaban J connectivity index is 2.15. The van der Waals surface area contributed by atoms with Crippen molar-refractivity contribution in [1.82, 2.24) is 14.1 Å².